The number of carbonyl (C=O) groups excluding carboxylic acids is 1. The summed E-state index contributed by atoms with van der Waals surface area (Å²) in [5.74, 6) is -2.27. The van der Waals surface area contributed by atoms with Gasteiger partial charge in [0.2, 0.25) is 0 Å². The number of nitrogens with one attached hydrogen (secondary N) is 1. The molecule has 0 saturated carbocycles. The number of hydrogen-bond acceptors (Lipinski definition) is 6. The van der Waals surface area contributed by atoms with Crippen molar-refractivity contribution in [1.82, 2.24) is 5.32 Å². The molecule has 3 N–H and O–H groups in total. The molecule has 1 amide bonds. The number of benzene rings is 1. The lowest BCUT2D eigenvalue weighted by atomic mass is 10.1. The van der Waals surface area contributed by atoms with Crippen molar-refractivity contribution in [2.75, 3.05) is 0 Å². The molecule has 1 aliphatic heterocycles. The van der Waals surface area contributed by atoms with Crippen molar-refractivity contribution in [3.63, 3.8) is 0 Å². The number of amidine groups is 1. The maximum Gasteiger partial charge on any atom is 0.335 e. The number of aromatic carboxylic acids is 2. The Balaban J connectivity index is 1.83. The van der Waals surface area contributed by atoms with Gasteiger partial charge in [0.15, 0.2) is 5.17 Å². The van der Waals surface area contributed by atoms with Gasteiger partial charge in [0, 0.05) is 0 Å². The van der Waals surface area contributed by atoms with Crippen LogP contribution in [0.1, 0.15) is 26.5 Å². The number of nitrogens with zero attached hydrogens (tertiary/aromatic N) is 1. The minimum atomic E-state index is -1.27. The van der Waals surface area contributed by atoms with E-state index in [0.29, 0.717) is 10.7 Å². The maximum absolute atomic E-state index is 12.0. The van der Waals surface area contributed by atoms with Crippen LogP contribution >= 0.6 is 11.8 Å². The molecule has 2 aromatic rings. The predicted octanol–water partition coefficient (Wildman–Crippen LogP) is 3.12. The molecule has 27 heavy (non-hydrogen) atoms. The van der Waals surface area contributed by atoms with Crippen LogP contribution in [0.5, 0.6) is 0 Å². The quantitative estimate of drug-likeness (QED) is 0.675. The Hall–Kier alpha value is -3.59. The Morgan fingerprint density at radius 3 is 2.44 bits per heavy atom. The molecular weight excluding hydrogens is 372 g/mol. The van der Waals surface area contributed by atoms with Crippen LogP contribution < -0.4 is 5.32 Å². The average Bonchev–Trinajstić information content (AvgIpc) is 3.25. The molecule has 8 nitrogen and oxygen atoms in total. The lowest BCUT2D eigenvalue weighted by Gasteiger charge is -2.02. The molecule has 0 unspecified atom stereocenters. The molecule has 9 heteroatoms. The van der Waals surface area contributed by atoms with E-state index in [4.69, 9.17) is 14.6 Å². The van der Waals surface area contributed by atoms with E-state index in [1.807, 2.05) is 0 Å². The summed E-state index contributed by atoms with van der Waals surface area (Å²) in [5, 5.41) is 21.0. The van der Waals surface area contributed by atoms with Crippen LogP contribution in [0.25, 0.3) is 6.08 Å². The van der Waals surface area contributed by atoms with Gasteiger partial charge in [-0.3, -0.25) is 4.79 Å². The fraction of sp³-hybridized carbons (Fsp3) is 0. The van der Waals surface area contributed by atoms with E-state index in [0.717, 1.165) is 17.8 Å². The van der Waals surface area contributed by atoms with E-state index in [2.05, 4.69) is 10.3 Å². The van der Waals surface area contributed by atoms with Gasteiger partial charge in [-0.15, -0.1) is 0 Å². The van der Waals surface area contributed by atoms with Crippen LogP contribution in [0.15, 0.2) is 63.1 Å². The molecule has 1 fully saturated rings. The lowest BCUT2D eigenvalue weighted by Crippen LogP contribution is -2.19. The van der Waals surface area contributed by atoms with E-state index < -0.39 is 11.9 Å². The molecule has 1 aliphatic rings. The van der Waals surface area contributed by atoms with E-state index in [1.165, 1.54) is 18.4 Å². The third kappa shape index (κ3) is 4.53. The summed E-state index contributed by atoms with van der Waals surface area (Å²) >= 11 is 1.05. The Kier molecular flexibility index (Phi) is 5.23. The summed E-state index contributed by atoms with van der Waals surface area (Å²) in [4.78, 5) is 38.8. The molecular formula is C18H12N2O6S. The molecule has 3 rings (SSSR count). The standard InChI is InChI=1S/C18H12N2O6S/c21-15-14(5-1-3-13-4-2-6-26-13)27-18(20-15)19-12-8-10(16(22)23)7-11(9-12)17(24)25/h1-9H,(H,22,23)(H,24,25)(H,19,20,21). The van der Waals surface area contributed by atoms with Crippen molar-refractivity contribution in [2.24, 2.45) is 4.99 Å². The second kappa shape index (κ2) is 7.75. The highest BCUT2D eigenvalue weighted by molar-refractivity contribution is 8.18. The van der Waals surface area contributed by atoms with Crippen LogP contribution in [0.2, 0.25) is 0 Å². The number of rotatable bonds is 5. The first-order chi connectivity index (χ1) is 12.9. The number of aliphatic imine (C=N–C) groups is 1. The monoisotopic (exact) mass is 384 g/mol. The van der Waals surface area contributed by atoms with Crippen molar-refractivity contribution < 1.29 is 29.0 Å². The molecule has 2 heterocycles. The highest BCUT2D eigenvalue weighted by atomic mass is 32.2. The van der Waals surface area contributed by atoms with Crippen molar-refractivity contribution in [3.8, 4) is 0 Å². The van der Waals surface area contributed by atoms with E-state index in [9.17, 15) is 14.4 Å². The highest BCUT2D eigenvalue weighted by Crippen LogP contribution is 2.27. The van der Waals surface area contributed by atoms with Crippen LogP contribution in [-0.4, -0.2) is 33.2 Å². The summed E-state index contributed by atoms with van der Waals surface area (Å²) < 4.78 is 5.14. The van der Waals surface area contributed by atoms with Gasteiger partial charge in [-0.2, -0.15) is 0 Å². The number of amides is 1. The Labute approximate surface area is 156 Å². The van der Waals surface area contributed by atoms with Crippen LogP contribution in [-0.2, 0) is 4.79 Å². The average molecular weight is 384 g/mol. The third-order valence-corrected chi connectivity index (χ3v) is 4.27. The van der Waals surface area contributed by atoms with Gasteiger partial charge < -0.3 is 19.9 Å². The normalized spacial score (nSPS) is 17.0. The molecule has 0 radical (unpaired) electrons. The fourth-order valence-corrected chi connectivity index (χ4v) is 2.95. The van der Waals surface area contributed by atoms with Gasteiger partial charge in [0.25, 0.3) is 5.91 Å². The second-order valence-corrected chi connectivity index (χ2v) is 6.29. The van der Waals surface area contributed by atoms with Gasteiger partial charge in [0.05, 0.1) is 28.0 Å². The summed E-state index contributed by atoms with van der Waals surface area (Å²) in [7, 11) is 0. The van der Waals surface area contributed by atoms with Gasteiger partial charge in [-0.05, 0) is 54.2 Å². The smallest absolute Gasteiger partial charge is 0.335 e. The SMILES string of the molecule is O=C1NC(=Nc2cc(C(=O)O)cc(C(=O)O)c2)SC1=CC=Cc1ccco1. The van der Waals surface area contributed by atoms with Gasteiger partial charge in [0.1, 0.15) is 5.76 Å². The Morgan fingerprint density at radius 1 is 1.15 bits per heavy atom. The van der Waals surface area contributed by atoms with Gasteiger partial charge >= 0.3 is 11.9 Å². The van der Waals surface area contributed by atoms with Crippen LogP contribution in [0.3, 0.4) is 0 Å². The van der Waals surface area contributed by atoms with Crippen LogP contribution in [0, 0.1) is 0 Å². The summed E-state index contributed by atoms with van der Waals surface area (Å²) in [6.45, 7) is 0. The van der Waals surface area contributed by atoms with E-state index >= 15 is 0 Å². The first-order valence-electron chi connectivity index (χ1n) is 7.54. The van der Waals surface area contributed by atoms with Crippen LogP contribution in [0.4, 0.5) is 5.69 Å². The number of carboxylic acids is 2. The zero-order chi connectivity index (χ0) is 19.4. The third-order valence-electron chi connectivity index (χ3n) is 3.34. The molecule has 0 aliphatic carbocycles. The summed E-state index contributed by atoms with van der Waals surface area (Å²) in [5.41, 5.74) is -0.302. The minimum Gasteiger partial charge on any atom is -0.478 e. The molecule has 0 spiro atoms. The number of furan rings is 1. The molecule has 1 saturated heterocycles. The number of allylic oxidation sites excluding steroid dienone is 2. The fourth-order valence-electron chi connectivity index (χ4n) is 2.15. The topological polar surface area (TPSA) is 129 Å². The Morgan fingerprint density at radius 2 is 1.85 bits per heavy atom. The molecule has 1 aromatic heterocycles. The first kappa shape index (κ1) is 18.2. The summed E-state index contributed by atoms with van der Waals surface area (Å²) in [6, 6.07) is 7.00. The number of hydrogen-bond donors (Lipinski definition) is 3. The molecule has 0 bridgehead atoms. The Bertz CT molecular complexity index is 973. The number of carbonyl (C=O) groups is 3. The highest BCUT2D eigenvalue weighted by Gasteiger charge is 2.23. The zero-order valence-corrected chi connectivity index (χ0v) is 14.4. The molecule has 0 atom stereocenters. The predicted molar refractivity (Wildman–Crippen MR) is 99.0 cm³/mol. The summed E-state index contributed by atoms with van der Waals surface area (Å²) in [6.07, 6.45) is 6.45. The van der Waals surface area contributed by atoms with Crippen molar-refractivity contribution in [3.05, 3.63) is 70.5 Å². The van der Waals surface area contributed by atoms with E-state index in [1.54, 1.807) is 30.4 Å². The minimum absolute atomic E-state index is 0.113. The number of carboxylic acid groups (broad SMARTS) is 2. The second-order valence-electron chi connectivity index (χ2n) is 5.26. The van der Waals surface area contributed by atoms with Gasteiger partial charge in [-0.1, -0.05) is 6.08 Å². The first-order valence-corrected chi connectivity index (χ1v) is 8.35. The lowest BCUT2D eigenvalue weighted by molar-refractivity contribution is -0.115. The van der Waals surface area contributed by atoms with Crippen molar-refractivity contribution >= 4 is 46.5 Å². The molecule has 136 valence electrons. The molecule has 1 aromatic carbocycles. The largest absolute Gasteiger partial charge is 0.478 e. The van der Waals surface area contributed by atoms with Crippen molar-refractivity contribution in [2.45, 2.75) is 0 Å². The maximum atomic E-state index is 12.0. The number of thioether (sulfide) groups is 1. The van der Waals surface area contributed by atoms with Crippen molar-refractivity contribution in [1.29, 1.82) is 0 Å². The zero-order valence-electron chi connectivity index (χ0n) is 13.6. The van der Waals surface area contributed by atoms with E-state index in [-0.39, 0.29) is 27.9 Å². The van der Waals surface area contributed by atoms with Gasteiger partial charge in [-0.25, -0.2) is 14.6 Å².